The summed E-state index contributed by atoms with van der Waals surface area (Å²) in [6, 6.07) is 9.86. The van der Waals surface area contributed by atoms with E-state index in [9.17, 15) is 0 Å². The van der Waals surface area contributed by atoms with E-state index in [1.54, 1.807) is 0 Å². The first-order valence-electron chi connectivity index (χ1n) is 6.71. The summed E-state index contributed by atoms with van der Waals surface area (Å²) >= 11 is 0. The molecule has 0 aliphatic carbocycles. The third-order valence-corrected chi connectivity index (χ3v) is 4.45. The minimum absolute atomic E-state index is 0.0321. The molecule has 0 bridgehead atoms. The Morgan fingerprint density at radius 2 is 2.00 bits per heavy atom. The molecule has 3 atom stereocenters. The van der Waals surface area contributed by atoms with Crippen LogP contribution in [0.1, 0.15) is 45.2 Å². The lowest BCUT2D eigenvalue weighted by Crippen LogP contribution is -2.94. The van der Waals surface area contributed by atoms with Crippen LogP contribution < -0.4 is 10.1 Å². The topological polar surface area (TPSA) is 25.8 Å². The van der Waals surface area contributed by atoms with Gasteiger partial charge in [0.15, 0.2) is 0 Å². The molecular weight excluding hydrogens is 210 g/mol. The minimum Gasteiger partial charge on any atom is -0.487 e. The number of ether oxygens (including phenoxy) is 1. The van der Waals surface area contributed by atoms with Crippen molar-refractivity contribution in [2.24, 2.45) is 5.92 Å². The van der Waals surface area contributed by atoms with Gasteiger partial charge in [-0.05, 0) is 45.7 Å². The fourth-order valence-electron chi connectivity index (χ4n) is 3.51. The Balaban J connectivity index is 2.05. The van der Waals surface area contributed by atoms with Crippen molar-refractivity contribution in [1.29, 1.82) is 0 Å². The number of piperidine rings is 1. The first-order valence-corrected chi connectivity index (χ1v) is 6.71. The maximum absolute atomic E-state index is 6.20. The van der Waals surface area contributed by atoms with Crippen molar-refractivity contribution in [3.05, 3.63) is 29.8 Å². The van der Waals surface area contributed by atoms with Crippen molar-refractivity contribution >= 4 is 0 Å². The first kappa shape index (κ1) is 11.1. The Hall–Kier alpha value is -1.02. The van der Waals surface area contributed by atoms with Gasteiger partial charge in [-0.2, -0.15) is 0 Å². The Labute approximate surface area is 103 Å². The van der Waals surface area contributed by atoms with Gasteiger partial charge in [0.05, 0.1) is 17.5 Å². The molecule has 0 amide bonds. The second kappa shape index (κ2) is 3.74. The molecule has 2 heterocycles. The molecule has 92 valence electrons. The lowest BCUT2D eigenvalue weighted by atomic mass is 9.73. The molecule has 3 rings (SSSR count). The molecule has 2 N–H and O–H groups in total. The fraction of sp³-hybridized carbons (Fsp3) is 0.600. The van der Waals surface area contributed by atoms with Gasteiger partial charge in [0.25, 0.3) is 0 Å². The van der Waals surface area contributed by atoms with Crippen molar-refractivity contribution < 1.29 is 10.1 Å². The zero-order valence-electron chi connectivity index (χ0n) is 10.9. The summed E-state index contributed by atoms with van der Waals surface area (Å²) in [5.74, 6) is 1.72. The number of hydrogen-bond donors (Lipinski definition) is 1. The van der Waals surface area contributed by atoms with Crippen LogP contribution in [0.4, 0.5) is 0 Å². The molecular formula is C15H22NO+. The number of para-hydroxylation sites is 1. The number of quaternary nitrogens is 1. The van der Waals surface area contributed by atoms with Crippen LogP contribution in [-0.2, 0) is 0 Å². The fourth-order valence-corrected chi connectivity index (χ4v) is 3.51. The van der Waals surface area contributed by atoms with Gasteiger partial charge in [0.1, 0.15) is 17.4 Å². The zero-order valence-corrected chi connectivity index (χ0v) is 10.9. The molecule has 2 aliphatic rings. The van der Waals surface area contributed by atoms with Crippen LogP contribution in [0.2, 0.25) is 0 Å². The molecule has 2 heteroatoms. The average Bonchev–Trinajstić information content (AvgIpc) is 2.28. The van der Waals surface area contributed by atoms with Crippen molar-refractivity contribution in [3.8, 4) is 5.75 Å². The molecule has 0 saturated carbocycles. The van der Waals surface area contributed by atoms with Crippen molar-refractivity contribution in [2.75, 3.05) is 0 Å². The molecule has 2 aliphatic heterocycles. The first-order chi connectivity index (χ1) is 8.08. The van der Waals surface area contributed by atoms with Gasteiger partial charge in [-0.1, -0.05) is 12.1 Å². The van der Waals surface area contributed by atoms with Crippen molar-refractivity contribution in [2.45, 2.75) is 51.3 Å². The molecule has 1 aromatic carbocycles. The minimum atomic E-state index is -0.0321. The molecule has 1 aromatic rings. The number of benzene rings is 1. The van der Waals surface area contributed by atoms with E-state index in [4.69, 9.17) is 4.74 Å². The number of hydrogen-bond acceptors (Lipinski definition) is 1. The molecule has 2 nitrogen and oxygen atoms in total. The number of fused-ring (bicyclic) bond motifs is 3. The summed E-state index contributed by atoms with van der Waals surface area (Å²) in [7, 11) is 0. The van der Waals surface area contributed by atoms with Crippen LogP contribution in [0.3, 0.4) is 0 Å². The lowest BCUT2D eigenvalue weighted by molar-refractivity contribution is -0.744. The SMILES string of the molecule is C[C@@H]1CC[C@@H]2[C@@H]([NH2+]1)c1ccccc1OC2(C)C. The summed E-state index contributed by atoms with van der Waals surface area (Å²) in [6.45, 7) is 6.82. The molecule has 1 fully saturated rings. The largest absolute Gasteiger partial charge is 0.487 e. The lowest BCUT2D eigenvalue weighted by Gasteiger charge is -2.46. The van der Waals surface area contributed by atoms with Gasteiger partial charge < -0.3 is 10.1 Å². The Kier molecular flexibility index (Phi) is 2.44. The third-order valence-electron chi connectivity index (χ3n) is 4.45. The smallest absolute Gasteiger partial charge is 0.129 e. The summed E-state index contributed by atoms with van der Waals surface area (Å²) in [6.07, 6.45) is 2.58. The normalized spacial score (nSPS) is 34.4. The van der Waals surface area contributed by atoms with Gasteiger partial charge in [-0.15, -0.1) is 0 Å². The van der Waals surface area contributed by atoms with Gasteiger partial charge in [-0.25, -0.2) is 0 Å². The molecule has 0 radical (unpaired) electrons. The highest BCUT2D eigenvalue weighted by atomic mass is 16.5. The maximum atomic E-state index is 6.20. The summed E-state index contributed by atoms with van der Waals surface area (Å²) < 4.78 is 6.20. The molecule has 0 unspecified atom stereocenters. The van der Waals surface area contributed by atoms with E-state index < -0.39 is 0 Å². The highest BCUT2D eigenvalue weighted by Crippen LogP contribution is 2.45. The molecule has 0 spiro atoms. The van der Waals surface area contributed by atoms with Crippen LogP contribution in [0.25, 0.3) is 0 Å². The molecule has 1 saturated heterocycles. The van der Waals surface area contributed by atoms with Gasteiger partial charge in [-0.3, -0.25) is 0 Å². The van der Waals surface area contributed by atoms with Gasteiger partial charge >= 0.3 is 0 Å². The zero-order chi connectivity index (χ0) is 12.0. The highest BCUT2D eigenvalue weighted by Gasteiger charge is 2.48. The van der Waals surface area contributed by atoms with Crippen LogP contribution in [0.5, 0.6) is 5.75 Å². The van der Waals surface area contributed by atoms with Crippen LogP contribution in [0.15, 0.2) is 24.3 Å². The second-order valence-electron chi connectivity index (χ2n) is 6.12. The molecule has 0 aromatic heterocycles. The van der Waals surface area contributed by atoms with E-state index in [1.165, 1.54) is 18.4 Å². The third kappa shape index (κ3) is 1.75. The average molecular weight is 232 g/mol. The quantitative estimate of drug-likeness (QED) is 0.729. The highest BCUT2D eigenvalue weighted by molar-refractivity contribution is 5.38. The predicted molar refractivity (Wildman–Crippen MR) is 68.0 cm³/mol. The van der Waals surface area contributed by atoms with Crippen molar-refractivity contribution in [3.63, 3.8) is 0 Å². The second-order valence-corrected chi connectivity index (χ2v) is 6.12. The van der Waals surface area contributed by atoms with Crippen LogP contribution in [0, 0.1) is 5.92 Å². The monoisotopic (exact) mass is 232 g/mol. The van der Waals surface area contributed by atoms with E-state index in [2.05, 4.69) is 50.4 Å². The van der Waals surface area contributed by atoms with E-state index in [1.807, 2.05) is 0 Å². The molecule has 17 heavy (non-hydrogen) atoms. The Morgan fingerprint density at radius 3 is 2.82 bits per heavy atom. The predicted octanol–water partition coefficient (Wildman–Crippen LogP) is 2.26. The van der Waals surface area contributed by atoms with Crippen LogP contribution in [-0.4, -0.2) is 11.6 Å². The maximum Gasteiger partial charge on any atom is 0.129 e. The summed E-state index contributed by atoms with van der Waals surface area (Å²) in [5.41, 5.74) is 1.36. The van der Waals surface area contributed by atoms with Gasteiger partial charge in [0, 0.05) is 0 Å². The van der Waals surface area contributed by atoms with Crippen molar-refractivity contribution in [1.82, 2.24) is 0 Å². The van der Waals surface area contributed by atoms with E-state index in [0.29, 0.717) is 12.0 Å². The van der Waals surface area contributed by atoms with E-state index in [0.717, 1.165) is 11.8 Å². The van der Waals surface area contributed by atoms with Crippen LogP contribution >= 0.6 is 0 Å². The van der Waals surface area contributed by atoms with E-state index in [-0.39, 0.29) is 5.60 Å². The Morgan fingerprint density at radius 1 is 1.24 bits per heavy atom. The van der Waals surface area contributed by atoms with Gasteiger partial charge in [0.2, 0.25) is 0 Å². The Bertz CT molecular complexity index is 427. The number of nitrogens with two attached hydrogens (primary N) is 1. The summed E-state index contributed by atoms with van der Waals surface area (Å²) in [4.78, 5) is 0. The van der Waals surface area contributed by atoms with E-state index >= 15 is 0 Å². The number of rotatable bonds is 0. The summed E-state index contributed by atoms with van der Waals surface area (Å²) in [5, 5.41) is 2.54. The standard InChI is InChI=1S/C15H21NO/c1-10-8-9-12-14(16-10)11-6-4-5-7-13(11)17-15(12,2)3/h4-7,10,12,14,16H,8-9H2,1-3H3/p+1/t10-,12-,14+/m1/s1.